The number of fused-ring (bicyclic) bond motifs is 1. The maximum atomic E-state index is 11.0. The quantitative estimate of drug-likeness (QED) is 0.742. The molecule has 0 aliphatic carbocycles. The van der Waals surface area contributed by atoms with E-state index in [1.807, 2.05) is 0 Å². The molecule has 82 valence electrons. The summed E-state index contributed by atoms with van der Waals surface area (Å²) < 4.78 is 4.98. The third kappa shape index (κ3) is 1.75. The number of ether oxygens (including phenoxy) is 1. The average Bonchev–Trinajstić information content (AvgIpc) is 2.60. The van der Waals surface area contributed by atoms with E-state index in [9.17, 15) is 9.59 Å². The topological polar surface area (TPSA) is 85.2 Å². The number of carbonyl (C=O) groups is 2. The highest BCUT2D eigenvalue weighted by Gasteiger charge is 2.09. The van der Waals surface area contributed by atoms with E-state index in [4.69, 9.17) is 10.5 Å². The lowest BCUT2D eigenvalue weighted by Crippen LogP contribution is -2.10. The molecule has 0 bridgehead atoms. The number of nitrogens with two attached hydrogens (primary N) is 1. The number of nitrogens with one attached hydrogen (secondary N) is 1. The number of rotatable bonds is 2. The molecule has 0 radical (unpaired) electrons. The minimum Gasteiger partial charge on any atom is -0.424 e. The molecule has 5 nitrogen and oxygen atoms in total. The van der Waals surface area contributed by atoms with Crippen molar-refractivity contribution in [1.82, 2.24) is 4.98 Å². The number of aromatic amines is 1. The van der Waals surface area contributed by atoms with Crippen LogP contribution in [0, 0.1) is 0 Å². The van der Waals surface area contributed by atoms with Crippen LogP contribution in [0.3, 0.4) is 0 Å². The van der Waals surface area contributed by atoms with Crippen molar-refractivity contribution in [2.24, 2.45) is 5.73 Å². The van der Waals surface area contributed by atoms with Gasteiger partial charge in [0.25, 0.3) is 0 Å². The molecule has 0 saturated heterocycles. The number of aromatic nitrogens is 1. The van der Waals surface area contributed by atoms with E-state index in [1.165, 1.54) is 6.92 Å². The summed E-state index contributed by atoms with van der Waals surface area (Å²) in [4.78, 5) is 24.7. The summed E-state index contributed by atoms with van der Waals surface area (Å²) in [7, 11) is 0. The molecule has 1 aromatic heterocycles. The van der Waals surface area contributed by atoms with Gasteiger partial charge in [0.15, 0.2) is 5.75 Å². The van der Waals surface area contributed by atoms with Crippen molar-refractivity contribution in [2.75, 3.05) is 0 Å². The fraction of sp³-hybridized carbons (Fsp3) is 0.0909. The smallest absolute Gasteiger partial charge is 0.308 e. The summed E-state index contributed by atoms with van der Waals surface area (Å²) in [6, 6.07) is 4.89. The zero-order chi connectivity index (χ0) is 11.7. The molecule has 0 spiro atoms. The molecular formula is C11H10N2O3. The van der Waals surface area contributed by atoms with Crippen molar-refractivity contribution in [3.05, 3.63) is 30.0 Å². The number of esters is 1. The highest BCUT2D eigenvalue weighted by Crippen LogP contribution is 2.26. The summed E-state index contributed by atoms with van der Waals surface area (Å²) in [5.74, 6) is -0.441. The Labute approximate surface area is 91.2 Å². The van der Waals surface area contributed by atoms with Crippen LogP contribution < -0.4 is 10.5 Å². The van der Waals surface area contributed by atoms with Crippen LogP contribution in [-0.2, 0) is 4.79 Å². The van der Waals surface area contributed by atoms with Crippen LogP contribution in [0.1, 0.15) is 17.3 Å². The number of hydrogen-bond donors (Lipinski definition) is 2. The number of H-pyrrole nitrogens is 1. The van der Waals surface area contributed by atoms with Crippen molar-refractivity contribution < 1.29 is 14.3 Å². The molecule has 0 aliphatic rings. The summed E-state index contributed by atoms with van der Waals surface area (Å²) >= 11 is 0. The Bertz CT molecular complexity index is 572. The van der Waals surface area contributed by atoms with Crippen molar-refractivity contribution >= 4 is 22.8 Å². The summed E-state index contributed by atoms with van der Waals surface area (Å²) in [5, 5.41) is 0.736. The van der Waals surface area contributed by atoms with Gasteiger partial charge in [-0.1, -0.05) is 0 Å². The molecule has 2 aromatic rings. The Morgan fingerprint density at radius 2 is 2.12 bits per heavy atom. The number of primary amides is 1. The largest absolute Gasteiger partial charge is 0.424 e. The minimum absolute atomic E-state index is 0.389. The number of hydrogen-bond acceptors (Lipinski definition) is 3. The van der Waals surface area contributed by atoms with E-state index in [-0.39, 0.29) is 5.97 Å². The normalized spacial score (nSPS) is 10.3. The first-order valence-corrected chi connectivity index (χ1v) is 4.67. The molecule has 1 heterocycles. The molecule has 5 heteroatoms. The molecule has 1 aromatic carbocycles. The second-order valence-corrected chi connectivity index (χ2v) is 3.37. The Morgan fingerprint density at radius 1 is 1.38 bits per heavy atom. The molecule has 1 amide bonds. The van der Waals surface area contributed by atoms with Crippen LogP contribution in [0.5, 0.6) is 5.75 Å². The first-order chi connectivity index (χ1) is 7.58. The predicted octanol–water partition coefficient (Wildman–Crippen LogP) is 1.19. The van der Waals surface area contributed by atoms with Crippen molar-refractivity contribution in [2.45, 2.75) is 6.92 Å². The molecule has 2 rings (SSSR count). The summed E-state index contributed by atoms with van der Waals surface area (Å²) in [5.41, 5.74) is 6.26. The minimum atomic E-state index is -0.495. The van der Waals surface area contributed by atoms with Gasteiger partial charge in [0.1, 0.15) is 0 Å². The molecule has 0 aliphatic heterocycles. The fourth-order valence-electron chi connectivity index (χ4n) is 1.49. The van der Waals surface area contributed by atoms with Crippen LogP contribution in [0.15, 0.2) is 24.4 Å². The van der Waals surface area contributed by atoms with Crippen LogP contribution in [0.2, 0.25) is 0 Å². The highest BCUT2D eigenvalue weighted by atomic mass is 16.5. The zero-order valence-corrected chi connectivity index (χ0v) is 8.61. The van der Waals surface area contributed by atoms with E-state index in [2.05, 4.69) is 4.98 Å². The maximum Gasteiger partial charge on any atom is 0.308 e. The maximum absolute atomic E-state index is 11.0. The van der Waals surface area contributed by atoms with E-state index >= 15 is 0 Å². The van der Waals surface area contributed by atoms with Gasteiger partial charge in [-0.15, -0.1) is 0 Å². The third-order valence-corrected chi connectivity index (χ3v) is 2.18. The van der Waals surface area contributed by atoms with Crippen LogP contribution in [-0.4, -0.2) is 16.9 Å². The van der Waals surface area contributed by atoms with Gasteiger partial charge in [-0.2, -0.15) is 0 Å². The van der Waals surface area contributed by atoms with Crippen LogP contribution >= 0.6 is 0 Å². The average molecular weight is 218 g/mol. The molecule has 0 fully saturated rings. The number of amides is 1. The van der Waals surface area contributed by atoms with Gasteiger partial charge in [0, 0.05) is 24.1 Å². The van der Waals surface area contributed by atoms with Gasteiger partial charge in [0.05, 0.1) is 5.52 Å². The highest BCUT2D eigenvalue weighted by molar-refractivity contribution is 5.98. The van der Waals surface area contributed by atoms with Crippen molar-refractivity contribution in [3.63, 3.8) is 0 Å². The lowest BCUT2D eigenvalue weighted by molar-refractivity contribution is -0.131. The summed E-state index contributed by atoms with van der Waals surface area (Å²) in [6.07, 6.45) is 1.57. The number of carbonyl (C=O) groups excluding carboxylic acids is 2. The van der Waals surface area contributed by atoms with E-state index < -0.39 is 5.91 Å². The lowest BCUT2D eigenvalue weighted by Gasteiger charge is -1.99. The fourth-order valence-corrected chi connectivity index (χ4v) is 1.49. The van der Waals surface area contributed by atoms with Gasteiger partial charge in [0.2, 0.25) is 5.91 Å². The van der Waals surface area contributed by atoms with Crippen molar-refractivity contribution in [1.29, 1.82) is 0 Å². The van der Waals surface area contributed by atoms with Gasteiger partial charge >= 0.3 is 5.97 Å². The number of benzene rings is 1. The predicted molar refractivity (Wildman–Crippen MR) is 58.1 cm³/mol. The monoisotopic (exact) mass is 218 g/mol. The molecule has 0 saturated carbocycles. The second-order valence-electron chi connectivity index (χ2n) is 3.37. The molecule has 16 heavy (non-hydrogen) atoms. The van der Waals surface area contributed by atoms with Crippen molar-refractivity contribution in [3.8, 4) is 5.75 Å². The first-order valence-electron chi connectivity index (χ1n) is 4.67. The Hall–Kier alpha value is -2.30. The SMILES string of the molecule is CC(=O)Oc1c[nH]c2cc(C(N)=O)ccc12. The van der Waals surface area contributed by atoms with E-state index in [0.29, 0.717) is 16.8 Å². The third-order valence-electron chi connectivity index (χ3n) is 2.18. The second kappa shape index (κ2) is 3.69. The lowest BCUT2D eigenvalue weighted by atomic mass is 10.1. The summed E-state index contributed by atoms with van der Waals surface area (Å²) in [6.45, 7) is 1.33. The molecule has 0 atom stereocenters. The van der Waals surface area contributed by atoms with E-state index in [0.717, 1.165) is 5.39 Å². The van der Waals surface area contributed by atoms with Gasteiger partial charge in [-0.3, -0.25) is 9.59 Å². The van der Waals surface area contributed by atoms with Crippen LogP contribution in [0.25, 0.3) is 10.9 Å². The van der Waals surface area contributed by atoms with Gasteiger partial charge < -0.3 is 15.5 Å². The molecule has 0 unspecified atom stereocenters. The standard InChI is InChI=1S/C11H10N2O3/c1-6(14)16-10-5-13-9-4-7(11(12)15)2-3-8(9)10/h2-5,13H,1H3,(H2,12,15). The molecule has 3 N–H and O–H groups in total. The zero-order valence-electron chi connectivity index (χ0n) is 8.61. The molecular weight excluding hydrogens is 208 g/mol. The van der Waals surface area contributed by atoms with Gasteiger partial charge in [-0.25, -0.2) is 0 Å². The Morgan fingerprint density at radius 3 is 2.75 bits per heavy atom. The van der Waals surface area contributed by atoms with Gasteiger partial charge in [-0.05, 0) is 18.2 Å². The Kier molecular flexibility index (Phi) is 2.36. The Balaban J connectivity index is 2.50. The van der Waals surface area contributed by atoms with E-state index in [1.54, 1.807) is 24.4 Å². The van der Waals surface area contributed by atoms with Crippen LogP contribution in [0.4, 0.5) is 0 Å². The first kappa shape index (κ1) is 10.2.